The van der Waals surface area contributed by atoms with E-state index in [1.54, 1.807) is 11.3 Å². The van der Waals surface area contributed by atoms with E-state index in [-0.39, 0.29) is 17.9 Å². The molecule has 2 aromatic heterocycles. The van der Waals surface area contributed by atoms with Crippen LogP contribution in [0, 0.1) is 0 Å². The molecule has 2 aliphatic rings. The van der Waals surface area contributed by atoms with Crippen molar-refractivity contribution < 1.29 is 9.32 Å². The van der Waals surface area contributed by atoms with E-state index >= 15 is 0 Å². The van der Waals surface area contributed by atoms with Crippen LogP contribution in [0.15, 0.2) is 10.6 Å². The molecule has 2 aromatic rings. The van der Waals surface area contributed by atoms with Crippen molar-refractivity contribution >= 4 is 17.2 Å². The van der Waals surface area contributed by atoms with E-state index in [9.17, 15) is 4.79 Å². The summed E-state index contributed by atoms with van der Waals surface area (Å²) in [4.78, 5) is 21.6. The Morgan fingerprint density at radius 1 is 1.39 bits per heavy atom. The zero-order valence-electron chi connectivity index (χ0n) is 13.5. The second kappa shape index (κ2) is 5.74. The number of amides is 1. The van der Waals surface area contributed by atoms with Gasteiger partial charge >= 0.3 is 0 Å². The monoisotopic (exact) mass is 331 g/mol. The Morgan fingerprint density at radius 2 is 2.26 bits per heavy atom. The number of thiophene rings is 1. The highest BCUT2D eigenvalue weighted by atomic mass is 32.1. The van der Waals surface area contributed by atoms with Crippen molar-refractivity contribution in [2.75, 3.05) is 6.54 Å². The van der Waals surface area contributed by atoms with Gasteiger partial charge in [-0.15, -0.1) is 11.3 Å². The zero-order valence-corrected chi connectivity index (χ0v) is 14.4. The van der Waals surface area contributed by atoms with E-state index in [0.717, 1.165) is 37.1 Å². The van der Waals surface area contributed by atoms with Crippen molar-refractivity contribution in [1.29, 1.82) is 0 Å². The Kier molecular flexibility index (Phi) is 3.71. The predicted octanol–water partition coefficient (Wildman–Crippen LogP) is 3.72. The van der Waals surface area contributed by atoms with Crippen LogP contribution in [0.25, 0.3) is 0 Å². The van der Waals surface area contributed by atoms with Crippen molar-refractivity contribution in [3.63, 3.8) is 0 Å². The first kappa shape index (κ1) is 14.9. The first-order valence-electron chi connectivity index (χ1n) is 8.39. The molecule has 122 valence electrons. The average Bonchev–Trinajstić information content (AvgIpc) is 3.26. The molecule has 1 atom stereocenters. The number of hydrogen-bond donors (Lipinski definition) is 0. The first-order valence-corrected chi connectivity index (χ1v) is 9.21. The molecule has 1 saturated heterocycles. The molecule has 1 amide bonds. The standard InChI is InChI=1S/C17H21N3O2S/c1-10(2)16-18-15(19-22-16)12-6-4-8-20(12)17(21)14-9-11-5-3-7-13(11)23-14/h9-10,12H,3-8H2,1-2H3/t12-/m0/s1. The molecule has 1 aliphatic carbocycles. The minimum Gasteiger partial charge on any atom is -0.339 e. The zero-order chi connectivity index (χ0) is 16.0. The molecule has 0 bridgehead atoms. The third-order valence-electron chi connectivity index (χ3n) is 4.72. The largest absolute Gasteiger partial charge is 0.339 e. The van der Waals surface area contributed by atoms with Gasteiger partial charge in [-0.05, 0) is 43.7 Å². The Balaban J connectivity index is 1.57. The molecule has 0 unspecified atom stereocenters. The Morgan fingerprint density at radius 3 is 3.00 bits per heavy atom. The summed E-state index contributed by atoms with van der Waals surface area (Å²) in [6, 6.07) is 2.05. The second-order valence-corrected chi connectivity index (χ2v) is 7.85. The van der Waals surface area contributed by atoms with Crippen LogP contribution in [0.4, 0.5) is 0 Å². The fourth-order valence-corrected chi connectivity index (χ4v) is 4.68. The summed E-state index contributed by atoms with van der Waals surface area (Å²) in [5.74, 6) is 1.64. The Hall–Kier alpha value is -1.69. The first-order chi connectivity index (χ1) is 11.1. The number of rotatable bonds is 3. The molecule has 23 heavy (non-hydrogen) atoms. The number of hydrogen-bond acceptors (Lipinski definition) is 5. The summed E-state index contributed by atoms with van der Waals surface area (Å²) in [6.45, 7) is 4.84. The maximum atomic E-state index is 12.9. The highest BCUT2D eigenvalue weighted by Gasteiger charge is 2.35. The number of likely N-dealkylation sites (tertiary alicyclic amines) is 1. The van der Waals surface area contributed by atoms with E-state index in [0.29, 0.717) is 11.7 Å². The van der Waals surface area contributed by atoms with Gasteiger partial charge in [-0.3, -0.25) is 4.79 Å². The van der Waals surface area contributed by atoms with Crippen LogP contribution in [0.3, 0.4) is 0 Å². The average molecular weight is 331 g/mol. The molecule has 4 rings (SSSR count). The summed E-state index contributed by atoms with van der Waals surface area (Å²) in [5.41, 5.74) is 1.37. The van der Waals surface area contributed by atoms with Crippen LogP contribution in [0.1, 0.15) is 76.9 Å². The molecular weight excluding hydrogens is 310 g/mol. The summed E-state index contributed by atoms with van der Waals surface area (Å²) >= 11 is 1.67. The van der Waals surface area contributed by atoms with Crippen molar-refractivity contribution in [2.45, 2.75) is 57.9 Å². The quantitative estimate of drug-likeness (QED) is 0.860. The van der Waals surface area contributed by atoms with Gasteiger partial charge in [-0.2, -0.15) is 4.98 Å². The minimum absolute atomic E-state index is 0.0457. The van der Waals surface area contributed by atoms with Gasteiger partial charge in [0, 0.05) is 17.3 Å². The maximum Gasteiger partial charge on any atom is 0.264 e. The maximum absolute atomic E-state index is 12.9. The van der Waals surface area contributed by atoms with Crippen LogP contribution >= 0.6 is 11.3 Å². The molecule has 0 N–H and O–H groups in total. The summed E-state index contributed by atoms with van der Waals surface area (Å²) < 4.78 is 5.33. The molecule has 1 aliphatic heterocycles. The van der Waals surface area contributed by atoms with Gasteiger partial charge in [-0.1, -0.05) is 19.0 Å². The summed E-state index contributed by atoms with van der Waals surface area (Å²) in [6.07, 6.45) is 5.37. The predicted molar refractivity (Wildman–Crippen MR) is 87.7 cm³/mol. The molecule has 5 nitrogen and oxygen atoms in total. The van der Waals surface area contributed by atoms with Crippen molar-refractivity contribution in [2.24, 2.45) is 0 Å². The number of carbonyl (C=O) groups excluding carboxylic acids is 1. The highest BCUT2D eigenvalue weighted by molar-refractivity contribution is 7.14. The van der Waals surface area contributed by atoms with Crippen LogP contribution in [-0.2, 0) is 12.8 Å². The minimum atomic E-state index is -0.0457. The number of aromatic nitrogens is 2. The number of nitrogens with zero attached hydrogens (tertiary/aromatic N) is 3. The SMILES string of the molecule is CC(C)c1nc([C@@H]2CCCN2C(=O)c2cc3c(s2)CCC3)no1. The third-order valence-corrected chi connectivity index (χ3v) is 5.95. The molecular formula is C17H21N3O2S. The normalized spacial score (nSPS) is 20.5. The smallest absolute Gasteiger partial charge is 0.264 e. The Bertz CT molecular complexity index is 713. The van der Waals surface area contributed by atoms with E-state index in [1.807, 2.05) is 18.7 Å². The van der Waals surface area contributed by atoms with Gasteiger partial charge in [0.05, 0.1) is 10.9 Å². The fraction of sp³-hybridized carbons (Fsp3) is 0.588. The topological polar surface area (TPSA) is 59.2 Å². The van der Waals surface area contributed by atoms with Gasteiger partial charge in [-0.25, -0.2) is 0 Å². The molecule has 1 fully saturated rings. The van der Waals surface area contributed by atoms with E-state index in [2.05, 4.69) is 16.2 Å². The Labute approximate surface area is 139 Å². The fourth-order valence-electron chi connectivity index (χ4n) is 3.47. The molecule has 3 heterocycles. The van der Waals surface area contributed by atoms with Crippen LogP contribution in [0.5, 0.6) is 0 Å². The van der Waals surface area contributed by atoms with E-state index in [1.165, 1.54) is 16.9 Å². The molecule has 0 radical (unpaired) electrons. The molecule has 6 heteroatoms. The van der Waals surface area contributed by atoms with Crippen molar-refractivity contribution in [3.05, 3.63) is 33.1 Å². The van der Waals surface area contributed by atoms with Gasteiger partial charge in [0.2, 0.25) is 5.89 Å². The lowest BCUT2D eigenvalue weighted by atomic mass is 10.2. The number of fused-ring (bicyclic) bond motifs is 1. The van der Waals surface area contributed by atoms with Crippen LogP contribution in [-0.4, -0.2) is 27.5 Å². The van der Waals surface area contributed by atoms with Crippen molar-refractivity contribution in [3.8, 4) is 0 Å². The lowest BCUT2D eigenvalue weighted by Gasteiger charge is -2.21. The van der Waals surface area contributed by atoms with E-state index < -0.39 is 0 Å². The molecule has 0 spiro atoms. The second-order valence-electron chi connectivity index (χ2n) is 6.71. The van der Waals surface area contributed by atoms with Gasteiger partial charge in [0.25, 0.3) is 5.91 Å². The van der Waals surface area contributed by atoms with E-state index in [4.69, 9.17) is 4.52 Å². The van der Waals surface area contributed by atoms with Crippen molar-refractivity contribution in [1.82, 2.24) is 15.0 Å². The lowest BCUT2D eigenvalue weighted by Crippen LogP contribution is -2.30. The van der Waals surface area contributed by atoms with Gasteiger partial charge < -0.3 is 9.42 Å². The molecule has 0 aromatic carbocycles. The number of aryl methyl sites for hydroxylation is 2. The van der Waals surface area contributed by atoms with Gasteiger partial charge in [0.1, 0.15) is 0 Å². The summed E-state index contributed by atoms with van der Waals surface area (Å²) in [7, 11) is 0. The summed E-state index contributed by atoms with van der Waals surface area (Å²) in [5, 5.41) is 4.12. The lowest BCUT2D eigenvalue weighted by molar-refractivity contribution is 0.0733. The third kappa shape index (κ3) is 2.59. The molecule has 0 saturated carbocycles. The van der Waals surface area contributed by atoms with Gasteiger partial charge in [0.15, 0.2) is 5.82 Å². The number of carbonyl (C=O) groups is 1. The van der Waals surface area contributed by atoms with Crippen LogP contribution in [0.2, 0.25) is 0 Å². The van der Waals surface area contributed by atoms with Crippen LogP contribution < -0.4 is 0 Å². The highest BCUT2D eigenvalue weighted by Crippen LogP contribution is 2.36.